The molecule has 2 rings (SSSR count). The van der Waals surface area contributed by atoms with Gasteiger partial charge in [-0.25, -0.2) is 0 Å². The Morgan fingerprint density at radius 2 is 1.27 bits per heavy atom. The molecule has 0 aliphatic rings. The molecule has 0 spiro atoms. The summed E-state index contributed by atoms with van der Waals surface area (Å²) in [5.74, 6) is 0.680. The first-order valence-corrected chi connectivity index (χ1v) is 8.04. The van der Waals surface area contributed by atoms with Gasteiger partial charge in [0.1, 0.15) is 11.5 Å². The van der Waals surface area contributed by atoms with Gasteiger partial charge in [0.15, 0.2) is 0 Å². The minimum Gasteiger partial charge on any atom is -0.508 e. The van der Waals surface area contributed by atoms with Crippen LogP contribution in [0.15, 0.2) is 36.4 Å². The fraction of sp³-hybridized carbons (Fsp3) is 0.400. The largest absolute Gasteiger partial charge is 0.508 e. The highest BCUT2D eigenvalue weighted by molar-refractivity contribution is 5.47. The van der Waals surface area contributed by atoms with Crippen LogP contribution in [0.4, 0.5) is 0 Å². The van der Waals surface area contributed by atoms with E-state index in [1.54, 1.807) is 12.1 Å². The third kappa shape index (κ3) is 2.83. The maximum Gasteiger partial charge on any atom is 0.118 e. The third-order valence-corrected chi connectivity index (χ3v) is 4.78. The van der Waals surface area contributed by atoms with Crippen LogP contribution >= 0.6 is 0 Å². The van der Waals surface area contributed by atoms with Crippen molar-refractivity contribution in [2.24, 2.45) is 0 Å². The first-order valence-electron chi connectivity index (χ1n) is 8.04. The molecule has 0 amide bonds. The minimum atomic E-state index is -0.0777. The molecule has 0 aliphatic heterocycles. The lowest BCUT2D eigenvalue weighted by Gasteiger charge is -2.35. The number of phenolic OH excluding ortho intramolecular Hbond substituents is 2. The number of hydrogen-bond acceptors (Lipinski definition) is 2. The van der Waals surface area contributed by atoms with E-state index in [1.165, 1.54) is 11.1 Å². The Kier molecular flexibility index (Phi) is 4.80. The lowest BCUT2D eigenvalue weighted by Crippen LogP contribution is -2.27. The molecule has 0 aromatic heterocycles. The van der Waals surface area contributed by atoms with E-state index >= 15 is 0 Å². The van der Waals surface area contributed by atoms with Crippen LogP contribution in [0.5, 0.6) is 11.5 Å². The topological polar surface area (TPSA) is 40.5 Å². The maximum absolute atomic E-state index is 9.83. The van der Waals surface area contributed by atoms with Crippen LogP contribution < -0.4 is 0 Å². The molecule has 0 heterocycles. The van der Waals surface area contributed by atoms with Gasteiger partial charge in [0.25, 0.3) is 0 Å². The lowest BCUT2D eigenvalue weighted by molar-refractivity contribution is 0.441. The Morgan fingerprint density at radius 3 is 1.59 bits per heavy atom. The Labute approximate surface area is 133 Å². The fourth-order valence-electron chi connectivity index (χ4n) is 3.37. The maximum atomic E-state index is 9.83. The van der Waals surface area contributed by atoms with Crippen LogP contribution in [-0.4, -0.2) is 10.2 Å². The van der Waals surface area contributed by atoms with E-state index < -0.39 is 0 Å². The monoisotopic (exact) mass is 298 g/mol. The lowest BCUT2D eigenvalue weighted by atomic mass is 9.69. The molecule has 0 saturated heterocycles. The summed E-state index contributed by atoms with van der Waals surface area (Å²) < 4.78 is 0. The van der Waals surface area contributed by atoms with E-state index in [9.17, 15) is 10.2 Å². The third-order valence-electron chi connectivity index (χ3n) is 4.78. The van der Waals surface area contributed by atoms with Crippen molar-refractivity contribution in [2.75, 3.05) is 0 Å². The first kappa shape index (κ1) is 16.4. The van der Waals surface area contributed by atoms with Gasteiger partial charge in [-0.15, -0.1) is 0 Å². The molecule has 2 aromatic rings. The number of benzene rings is 2. The van der Waals surface area contributed by atoms with Crippen molar-refractivity contribution in [3.63, 3.8) is 0 Å². The average Bonchev–Trinajstić information content (AvgIpc) is 2.50. The highest BCUT2D eigenvalue weighted by Crippen LogP contribution is 2.42. The van der Waals surface area contributed by atoms with Crippen molar-refractivity contribution in [3.8, 4) is 11.5 Å². The molecular formula is C20H26O2. The summed E-state index contributed by atoms with van der Waals surface area (Å²) >= 11 is 0. The molecule has 2 heteroatoms. The van der Waals surface area contributed by atoms with Gasteiger partial charge in [0.2, 0.25) is 0 Å². The number of phenols is 2. The second kappa shape index (κ2) is 6.43. The molecule has 0 bridgehead atoms. The number of aromatic hydroxyl groups is 2. The summed E-state index contributed by atoms with van der Waals surface area (Å²) in [6.07, 6.45) is 3.10. The second-order valence-electron chi connectivity index (χ2n) is 6.19. The van der Waals surface area contributed by atoms with Crippen molar-refractivity contribution in [1.82, 2.24) is 0 Å². The summed E-state index contributed by atoms with van der Waals surface area (Å²) in [6.45, 7) is 8.28. The smallest absolute Gasteiger partial charge is 0.118 e. The van der Waals surface area contributed by atoms with Crippen molar-refractivity contribution >= 4 is 0 Å². The van der Waals surface area contributed by atoms with Gasteiger partial charge in [0.05, 0.1) is 0 Å². The summed E-state index contributed by atoms with van der Waals surface area (Å²) in [5.41, 5.74) is 4.20. The fourth-order valence-corrected chi connectivity index (χ4v) is 3.37. The molecule has 118 valence electrons. The molecule has 0 aliphatic carbocycles. The molecule has 22 heavy (non-hydrogen) atoms. The zero-order valence-corrected chi connectivity index (χ0v) is 14.0. The number of hydrogen-bond donors (Lipinski definition) is 2. The zero-order chi connectivity index (χ0) is 16.3. The number of aryl methyl sites for hydroxylation is 2. The van der Waals surface area contributed by atoms with E-state index in [2.05, 4.69) is 26.0 Å². The molecule has 2 aromatic carbocycles. The molecule has 0 saturated carbocycles. The molecule has 0 atom stereocenters. The summed E-state index contributed by atoms with van der Waals surface area (Å²) in [7, 11) is 0. The molecule has 0 fully saturated rings. The minimum absolute atomic E-state index is 0.0777. The Bertz CT molecular complexity index is 607. The predicted octanol–water partition coefficient (Wildman–Crippen LogP) is 5.21. The van der Waals surface area contributed by atoms with Crippen LogP contribution in [0.3, 0.4) is 0 Å². The van der Waals surface area contributed by atoms with Crippen LogP contribution in [0.2, 0.25) is 0 Å². The summed E-state index contributed by atoms with van der Waals surface area (Å²) in [4.78, 5) is 0. The van der Waals surface area contributed by atoms with Crippen molar-refractivity contribution in [3.05, 3.63) is 58.7 Å². The molecule has 2 N–H and O–H groups in total. The SMILES string of the molecule is CCCC(CC)(c1ccc(O)c(C)c1)c1ccc(O)c(C)c1. The highest BCUT2D eigenvalue weighted by atomic mass is 16.3. The second-order valence-corrected chi connectivity index (χ2v) is 6.19. The van der Waals surface area contributed by atoms with Gasteiger partial charge in [-0.2, -0.15) is 0 Å². The molecular weight excluding hydrogens is 272 g/mol. The van der Waals surface area contributed by atoms with Crippen LogP contribution in [-0.2, 0) is 5.41 Å². The standard InChI is InChI=1S/C20H26O2/c1-5-11-20(6-2,16-7-9-18(21)14(3)12-16)17-8-10-19(22)15(4)13-17/h7-10,12-13,21-22H,5-6,11H2,1-4H3. The van der Waals surface area contributed by atoms with Gasteiger partial charge >= 0.3 is 0 Å². The predicted molar refractivity (Wildman–Crippen MR) is 91.7 cm³/mol. The average molecular weight is 298 g/mol. The Hall–Kier alpha value is -1.96. The van der Waals surface area contributed by atoms with Crippen LogP contribution in [0, 0.1) is 13.8 Å². The van der Waals surface area contributed by atoms with Crippen molar-refractivity contribution in [1.29, 1.82) is 0 Å². The van der Waals surface area contributed by atoms with Gasteiger partial charge in [-0.3, -0.25) is 0 Å². The molecule has 0 unspecified atom stereocenters. The van der Waals surface area contributed by atoms with E-state index in [4.69, 9.17) is 0 Å². The van der Waals surface area contributed by atoms with E-state index in [0.717, 1.165) is 30.4 Å². The van der Waals surface area contributed by atoms with Crippen LogP contribution in [0.25, 0.3) is 0 Å². The number of rotatable bonds is 5. The van der Waals surface area contributed by atoms with Crippen molar-refractivity contribution < 1.29 is 10.2 Å². The molecule has 2 nitrogen and oxygen atoms in total. The van der Waals surface area contributed by atoms with Crippen LogP contribution in [0.1, 0.15) is 55.4 Å². The normalized spacial score (nSPS) is 11.6. The Morgan fingerprint density at radius 1 is 0.818 bits per heavy atom. The van der Waals surface area contributed by atoms with E-state index in [-0.39, 0.29) is 5.41 Å². The zero-order valence-electron chi connectivity index (χ0n) is 14.0. The van der Waals surface area contributed by atoms with Gasteiger partial charge in [-0.05, 0) is 61.1 Å². The quantitative estimate of drug-likeness (QED) is 0.795. The van der Waals surface area contributed by atoms with E-state index in [0.29, 0.717) is 11.5 Å². The van der Waals surface area contributed by atoms with Crippen molar-refractivity contribution in [2.45, 2.75) is 52.4 Å². The molecule has 0 radical (unpaired) electrons. The highest BCUT2D eigenvalue weighted by Gasteiger charge is 2.32. The van der Waals surface area contributed by atoms with Gasteiger partial charge < -0.3 is 10.2 Å². The summed E-state index contributed by atoms with van der Waals surface area (Å²) in [5, 5.41) is 19.7. The first-order chi connectivity index (χ1) is 10.4. The van der Waals surface area contributed by atoms with Gasteiger partial charge in [0, 0.05) is 5.41 Å². The summed E-state index contributed by atoms with van der Waals surface area (Å²) in [6, 6.07) is 11.8. The van der Waals surface area contributed by atoms with Gasteiger partial charge in [-0.1, -0.05) is 44.5 Å². The van der Waals surface area contributed by atoms with E-state index in [1.807, 2.05) is 26.0 Å². The Balaban J connectivity index is 2.64.